The van der Waals surface area contributed by atoms with Gasteiger partial charge >= 0.3 is 0 Å². The lowest BCUT2D eigenvalue weighted by atomic mass is 10.1. The van der Waals surface area contributed by atoms with E-state index in [0.29, 0.717) is 16.7 Å². The summed E-state index contributed by atoms with van der Waals surface area (Å²) in [6.07, 6.45) is 1.24. The number of para-hydroxylation sites is 2. The van der Waals surface area contributed by atoms with Crippen molar-refractivity contribution in [3.63, 3.8) is 0 Å². The molecule has 2 aromatic heterocycles. The molecule has 0 aliphatic rings. The van der Waals surface area contributed by atoms with Gasteiger partial charge in [0.05, 0.1) is 27.9 Å². The van der Waals surface area contributed by atoms with Crippen molar-refractivity contribution >= 4 is 34.0 Å². The highest BCUT2D eigenvalue weighted by Crippen LogP contribution is 2.23. The van der Waals surface area contributed by atoms with E-state index in [1.165, 1.54) is 10.8 Å². The van der Waals surface area contributed by atoms with Crippen molar-refractivity contribution in [3.8, 4) is 11.3 Å². The Morgan fingerprint density at radius 3 is 2.67 bits per heavy atom. The van der Waals surface area contributed by atoms with Crippen LogP contribution in [-0.2, 0) is 11.3 Å². The van der Waals surface area contributed by atoms with E-state index in [-0.39, 0.29) is 18.0 Å². The zero-order valence-electron chi connectivity index (χ0n) is 14.5. The topological polar surface area (TPSA) is 76.9 Å². The Balaban J connectivity index is 1.52. The molecule has 1 N–H and O–H groups in total. The van der Waals surface area contributed by atoms with E-state index in [4.69, 9.17) is 0 Å². The molecule has 0 unspecified atom stereocenters. The maximum Gasteiger partial charge on any atom is 0.269 e. The highest BCUT2D eigenvalue weighted by molar-refractivity contribution is 7.09. The third-order valence-electron chi connectivity index (χ3n) is 4.14. The first kappa shape index (κ1) is 17.1. The molecule has 4 aromatic rings. The van der Waals surface area contributed by atoms with Gasteiger partial charge in [-0.2, -0.15) is 0 Å². The van der Waals surface area contributed by atoms with Crippen LogP contribution in [0.3, 0.4) is 0 Å². The molecular weight excluding hydrogens is 360 g/mol. The van der Waals surface area contributed by atoms with E-state index >= 15 is 0 Å². The van der Waals surface area contributed by atoms with Crippen LogP contribution in [-0.4, -0.2) is 20.4 Å². The SMILES string of the molecule is Cc1nc(-c2ccc(NC(=O)Cn3c(=O)cnc4ccccc43)cc2)cs1. The summed E-state index contributed by atoms with van der Waals surface area (Å²) in [5.74, 6) is -0.272. The molecule has 0 aliphatic heterocycles. The average Bonchev–Trinajstić information content (AvgIpc) is 3.11. The summed E-state index contributed by atoms with van der Waals surface area (Å²) in [6.45, 7) is 1.89. The van der Waals surface area contributed by atoms with Gasteiger partial charge in [0.2, 0.25) is 5.91 Å². The first-order chi connectivity index (χ1) is 13.1. The fourth-order valence-electron chi connectivity index (χ4n) is 2.84. The van der Waals surface area contributed by atoms with Crippen LogP contribution in [0.25, 0.3) is 22.3 Å². The number of aromatic nitrogens is 3. The molecule has 0 saturated heterocycles. The number of amides is 1. The van der Waals surface area contributed by atoms with Gasteiger partial charge in [-0.1, -0.05) is 24.3 Å². The lowest BCUT2D eigenvalue weighted by Gasteiger charge is -2.10. The monoisotopic (exact) mass is 376 g/mol. The Morgan fingerprint density at radius 1 is 1.15 bits per heavy atom. The first-order valence-electron chi connectivity index (χ1n) is 8.37. The minimum absolute atomic E-state index is 0.0745. The fraction of sp³-hybridized carbons (Fsp3) is 0.100. The second kappa shape index (κ2) is 7.13. The molecule has 4 rings (SSSR count). The molecule has 0 saturated carbocycles. The molecule has 0 spiro atoms. The number of benzene rings is 2. The lowest BCUT2D eigenvalue weighted by Crippen LogP contribution is -2.27. The van der Waals surface area contributed by atoms with Crippen LogP contribution in [0.15, 0.2) is 64.9 Å². The number of aryl methyl sites for hydroxylation is 1. The van der Waals surface area contributed by atoms with E-state index in [1.807, 2.05) is 54.8 Å². The molecule has 134 valence electrons. The van der Waals surface area contributed by atoms with Gasteiger partial charge in [-0.25, -0.2) is 9.97 Å². The van der Waals surface area contributed by atoms with E-state index in [0.717, 1.165) is 16.3 Å². The predicted octanol–water partition coefficient (Wildman–Crippen LogP) is 3.47. The van der Waals surface area contributed by atoms with Crippen LogP contribution < -0.4 is 10.9 Å². The Kier molecular flexibility index (Phi) is 4.52. The normalized spacial score (nSPS) is 10.9. The van der Waals surface area contributed by atoms with Crippen molar-refractivity contribution in [2.24, 2.45) is 0 Å². The molecule has 0 radical (unpaired) electrons. The second-order valence-electron chi connectivity index (χ2n) is 6.05. The van der Waals surface area contributed by atoms with Crippen LogP contribution in [0.2, 0.25) is 0 Å². The molecule has 0 fully saturated rings. The van der Waals surface area contributed by atoms with Crippen molar-refractivity contribution in [2.45, 2.75) is 13.5 Å². The first-order valence-corrected chi connectivity index (χ1v) is 9.25. The van der Waals surface area contributed by atoms with Crippen LogP contribution in [0.5, 0.6) is 0 Å². The molecule has 0 atom stereocenters. The smallest absolute Gasteiger partial charge is 0.269 e. The van der Waals surface area contributed by atoms with Crippen molar-refractivity contribution in [1.29, 1.82) is 0 Å². The quantitative estimate of drug-likeness (QED) is 0.592. The fourth-order valence-corrected chi connectivity index (χ4v) is 3.46. The van der Waals surface area contributed by atoms with Gasteiger partial charge in [0.25, 0.3) is 5.56 Å². The number of fused-ring (bicyclic) bond motifs is 1. The molecule has 2 heterocycles. The van der Waals surface area contributed by atoms with Gasteiger partial charge in [0, 0.05) is 16.6 Å². The average molecular weight is 376 g/mol. The van der Waals surface area contributed by atoms with Gasteiger partial charge in [0.15, 0.2) is 0 Å². The van der Waals surface area contributed by atoms with E-state index < -0.39 is 0 Å². The Morgan fingerprint density at radius 2 is 1.93 bits per heavy atom. The van der Waals surface area contributed by atoms with E-state index in [9.17, 15) is 9.59 Å². The largest absolute Gasteiger partial charge is 0.325 e. The number of carbonyl (C=O) groups is 1. The van der Waals surface area contributed by atoms with Crippen LogP contribution >= 0.6 is 11.3 Å². The van der Waals surface area contributed by atoms with Crippen LogP contribution in [0.4, 0.5) is 5.69 Å². The number of hydrogen-bond donors (Lipinski definition) is 1. The molecule has 6 nitrogen and oxygen atoms in total. The summed E-state index contributed by atoms with van der Waals surface area (Å²) in [6, 6.07) is 14.7. The number of rotatable bonds is 4. The number of anilines is 1. The summed E-state index contributed by atoms with van der Waals surface area (Å²) < 4.78 is 1.42. The molecule has 0 bridgehead atoms. The lowest BCUT2D eigenvalue weighted by molar-refractivity contribution is -0.116. The predicted molar refractivity (Wildman–Crippen MR) is 107 cm³/mol. The molecule has 0 aliphatic carbocycles. The Bertz CT molecular complexity index is 1180. The number of thiazole rings is 1. The second-order valence-corrected chi connectivity index (χ2v) is 7.11. The molecule has 7 heteroatoms. The van der Waals surface area contributed by atoms with Crippen molar-refractivity contribution < 1.29 is 4.79 Å². The van der Waals surface area contributed by atoms with Gasteiger partial charge in [0.1, 0.15) is 6.54 Å². The Hall–Kier alpha value is -3.32. The highest BCUT2D eigenvalue weighted by atomic mass is 32.1. The minimum atomic E-state index is -0.307. The third-order valence-corrected chi connectivity index (χ3v) is 4.91. The molecule has 2 aromatic carbocycles. The zero-order chi connectivity index (χ0) is 18.8. The van der Waals surface area contributed by atoms with E-state index in [2.05, 4.69) is 15.3 Å². The zero-order valence-corrected chi connectivity index (χ0v) is 15.4. The van der Waals surface area contributed by atoms with Gasteiger partial charge in [-0.05, 0) is 31.2 Å². The summed E-state index contributed by atoms with van der Waals surface area (Å²) >= 11 is 1.60. The molecule has 27 heavy (non-hydrogen) atoms. The standard InChI is InChI=1S/C20H16N4O2S/c1-13-22-17(12-27-13)14-6-8-15(9-7-14)23-19(25)11-24-18-5-3-2-4-16(18)21-10-20(24)26/h2-10,12H,11H2,1H3,(H,23,25). The third kappa shape index (κ3) is 3.63. The minimum Gasteiger partial charge on any atom is -0.325 e. The summed E-state index contributed by atoms with van der Waals surface area (Å²) in [5.41, 5.74) is 3.58. The van der Waals surface area contributed by atoms with Crippen LogP contribution in [0, 0.1) is 6.92 Å². The molecular formula is C20H16N4O2S. The maximum atomic E-state index is 12.4. The summed E-state index contributed by atoms with van der Waals surface area (Å²) in [5, 5.41) is 5.84. The molecule has 1 amide bonds. The summed E-state index contributed by atoms with van der Waals surface area (Å²) in [7, 11) is 0. The highest BCUT2D eigenvalue weighted by Gasteiger charge is 2.09. The number of hydrogen-bond acceptors (Lipinski definition) is 5. The van der Waals surface area contributed by atoms with Gasteiger partial charge < -0.3 is 5.32 Å². The van der Waals surface area contributed by atoms with Crippen LogP contribution in [0.1, 0.15) is 5.01 Å². The van der Waals surface area contributed by atoms with Crippen molar-refractivity contribution in [3.05, 3.63) is 75.5 Å². The number of carbonyl (C=O) groups excluding carboxylic acids is 1. The Labute approximate surface area is 159 Å². The van der Waals surface area contributed by atoms with E-state index in [1.54, 1.807) is 17.4 Å². The maximum absolute atomic E-state index is 12.4. The van der Waals surface area contributed by atoms with Gasteiger partial charge in [-0.3, -0.25) is 14.2 Å². The summed E-state index contributed by atoms with van der Waals surface area (Å²) in [4.78, 5) is 33.1. The number of nitrogens with zero attached hydrogens (tertiary/aromatic N) is 3. The van der Waals surface area contributed by atoms with Crippen molar-refractivity contribution in [1.82, 2.24) is 14.5 Å². The van der Waals surface area contributed by atoms with Gasteiger partial charge in [-0.15, -0.1) is 11.3 Å². The van der Waals surface area contributed by atoms with Crippen molar-refractivity contribution in [2.75, 3.05) is 5.32 Å². The number of nitrogens with one attached hydrogen (secondary N) is 1.